The van der Waals surface area contributed by atoms with Crippen molar-refractivity contribution in [2.45, 2.75) is 44.2 Å². The van der Waals surface area contributed by atoms with Crippen LogP contribution in [-0.4, -0.2) is 56.8 Å². The molecule has 6 nitrogen and oxygen atoms in total. The number of likely N-dealkylation sites (tertiary alicyclic amines) is 1. The highest BCUT2D eigenvalue weighted by Gasteiger charge is 2.50. The summed E-state index contributed by atoms with van der Waals surface area (Å²) in [5.41, 5.74) is 2.54. The summed E-state index contributed by atoms with van der Waals surface area (Å²) in [6.45, 7) is 1.23. The van der Waals surface area contributed by atoms with Crippen LogP contribution in [0.3, 0.4) is 0 Å². The molecule has 0 saturated carbocycles. The molecule has 170 valence electrons. The lowest BCUT2D eigenvalue weighted by molar-refractivity contribution is -0.151. The van der Waals surface area contributed by atoms with E-state index < -0.39 is 0 Å². The number of amides is 2. The van der Waals surface area contributed by atoms with Gasteiger partial charge in [-0.2, -0.15) is 0 Å². The second-order valence-electron chi connectivity index (χ2n) is 9.73. The minimum absolute atomic E-state index is 0.0212. The first-order valence-corrected chi connectivity index (χ1v) is 11.9. The average Bonchev–Trinajstić information content (AvgIpc) is 3.26. The minimum Gasteiger partial charge on any atom is -0.336 e. The number of fused-ring (bicyclic) bond motifs is 5. The zero-order valence-electron chi connectivity index (χ0n) is 18.4. The van der Waals surface area contributed by atoms with Gasteiger partial charge in [-0.05, 0) is 67.3 Å². The molecule has 2 amide bonds. The molecule has 3 aliphatic rings. The molecule has 6 rings (SSSR count). The van der Waals surface area contributed by atoms with Gasteiger partial charge >= 0.3 is 0 Å². The molecule has 1 N–H and O–H groups in total. The number of benzene rings is 2. The number of carbonyl (C=O) groups excluding carboxylic acids is 2. The molecule has 0 unspecified atom stereocenters. The number of aromatic amines is 1. The molecule has 4 atom stereocenters. The smallest absolute Gasteiger partial charge is 0.289 e. The number of rotatable bonds is 3. The molecule has 0 aliphatic carbocycles. The first kappa shape index (κ1) is 20.4. The Morgan fingerprint density at radius 2 is 1.97 bits per heavy atom. The van der Waals surface area contributed by atoms with Crippen molar-refractivity contribution >= 4 is 22.8 Å². The van der Waals surface area contributed by atoms with Gasteiger partial charge in [0.1, 0.15) is 5.82 Å². The number of nitrogens with one attached hydrogen (secondary N) is 1. The Labute approximate surface area is 191 Å². The van der Waals surface area contributed by atoms with Gasteiger partial charge < -0.3 is 14.8 Å². The van der Waals surface area contributed by atoms with Gasteiger partial charge in [-0.25, -0.2) is 9.37 Å². The number of hydrogen-bond donors (Lipinski definition) is 1. The quantitative estimate of drug-likeness (QED) is 0.666. The minimum atomic E-state index is -0.256. The monoisotopic (exact) mass is 446 g/mol. The van der Waals surface area contributed by atoms with Crippen LogP contribution in [0.5, 0.6) is 0 Å². The third-order valence-electron chi connectivity index (χ3n) is 7.71. The number of imidazole rings is 1. The molecule has 3 saturated heterocycles. The Morgan fingerprint density at radius 1 is 1.12 bits per heavy atom. The van der Waals surface area contributed by atoms with E-state index in [2.05, 4.69) is 14.9 Å². The van der Waals surface area contributed by atoms with Crippen molar-refractivity contribution in [1.29, 1.82) is 0 Å². The fourth-order valence-electron chi connectivity index (χ4n) is 6.31. The number of carbonyl (C=O) groups is 2. The summed E-state index contributed by atoms with van der Waals surface area (Å²) in [7, 11) is 0. The maximum Gasteiger partial charge on any atom is 0.289 e. The number of halogens is 1. The summed E-state index contributed by atoms with van der Waals surface area (Å²) in [5.74, 6) is 0.673. The van der Waals surface area contributed by atoms with Gasteiger partial charge in [0.15, 0.2) is 5.82 Å². The van der Waals surface area contributed by atoms with E-state index in [0.29, 0.717) is 31.8 Å². The predicted molar refractivity (Wildman–Crippen MR) is 122 cm³/mol. The number of nitrogens with zero attached hydrogens (tertiary/aromatic N) is 3. The standard InChI is InChI=1S/C26H27FN4O2/c27-19-6-3-5-16(11-19)12-23-18-13-17(22-9-4-10-24(32)31(22)23)14-30(15-18)26(33)25-28-20-7-1-2-8-21(20)29-25/h1-3,5-8,11,17-18,22-23H,4,9-10,12-15H2,(H,28,29)/t17-,18+,22+,23+/m1/s1. The molecule has 0 radical (unpaired) electrons. The lowest BCUT2D eigenvalue weighted by Crippen LogP contribution is -2.66. The van der Waals surface area contributed by atoms with Crippen LogP contribution in [0.1, 0.15) is 41.9 Å². The first-order valence-electron chi connectivity index (χ1n) is 11.9. The van der Waals surface area contributed by atoms with E-state index in [-0.39, 0.29) is 41.6 Å². The van der Waals surface area contributed by atoms with Crippen LogP contribution >= 0.6 is 0 Å². The summed E-state index contributed by atoms with van der Waals surface area (Å²) in [6.07, 6.45) is 4.06. The van der Waals surface area contributed by atoms with Gasteiger partial charge in [0.25, 0.3) is 5.91 Å². The molecule has 2 aromatic carbocycles. The van der Waals surface area contributed by atoms with E-state index in [4.69, 9.17) is 0 Å². The van der Waals surface area contributed by atoms with Crippen LogP contribution in [0.4, 0.5) is 4.39 Å². The lowest BCUT2D eigenvalue weighted by Gasteiger charge is -2.56. The normalized spacial score (nSPS) is 27.0. The van der Waals surface area contributed by atoms with Crippen molar-refractivity contribution in [3.05, 3.63) is 65.7 Å². The third kappa shape index (κ3) is 3.59. The second-order valence-corrected chi connectivity index (χ2v) is 9.73. The van der Waals surface area contributed by atoms with Crippen LogP contribution in [0.15, 0.2) is 48.5 Å². The van der Waals surface area contributed by atoms with Crippen LogP contribution in [-0.2, 0) is 11.2 Å². The molecule has 33 heavy (non-hydrogen) atoms. The van der Waals surface area contributed by atoms with Gasteiger partial charge in [0, 0.05) is 31.6 Å². The molecule has 0 spiro atoms. The van der Waals surface area contributed by atoms with E-state index in [1.807, 2.05) is 35.2 Å². The lowest BCUT2D eigenvalue weighted by atomic mass is 9.70. The Kier molecular flexibility index (Phi) is 4.93. The van der Waals surface area contributed by atoms with Gasteiger partial charge in [-0.1, -0.05) is 24.3 Å². The summed E-state index contributed by atoms with van der Waals surface area (Å²) < 4.78 is 13.9. The summed E-state index contributed by atoms with van der Waals surface area (Å²) >= 11 is 0. The van der Waals surface area contributed by atoms with Crippen molar-refractivity contribution in [3.8, 4) is 0 Å². The Balaban J connectivity index is 1.31. The second kappa shape index (κ2) is 7.97. The molecule has 1 aromatic heterocycles. The Hall–Kier alpha value is -3.22. The fourth-order valence-corrected chi connectivity index (χ4v) is 6.31. The number of para-hydroxylation sites is 2. The molecular weight excluding hydrogens is 419 g/mol. The molecule has 4 heterocycles. The van der Waals surface area contributed by atoms with Crippen LogP contribution < -0.4 is 0 Å². The van der Waals surface area contributed by atoms with Gasteiger partial charge in [0.05, 0.1) is 11.0 Å². The predicted octanol–water partition coefficient (Wildman–Crippen LogP) is 3.79. The molecular formula is C26H27FN4O2. The van der Waals surface area contributed by atoms with E-state index in [1.54, 1.807) is 12.1 Å². The summed E-state index contributed by atoms with van der Waals surface area (Å²) in [5, 5.41) is 0. The summed E-state index contributed by atoms with van der Waals surface area (Å²) in [6, 6.07) is 14.4. The maximum absolute atomic E-state index is 13.9. The molecule has 3 aromatic rings. The zero-order chi connectivity index (χ0) is 22.5. The first-order chi connectivity index (χ1) is 16.1. The van der Waals surface area contributed by atoms with Gasteiger partial charge in [-0.3, -0.25) is 9.59 Å². The Bertz CT molecular complexity index is 1190. The van der Waals surface area contributed by atoms with E-state index in [9.17, 15) is 14.0 Å². The summed E-state index contributed by atoms with van der Waals surface area (Å²) in [4.78, 5) is 38.2. The highest BCUT2D eigenvalue weighted by Crippen LogP contribution is 2.42. The van der Waals surface area contributed by atoms with Crippen molar-refractivity contribution in [1.82, 2.24) is 19.8 Å². The number of hydrogen-bond acceptors (Lipinski definition) is 3. The zero-order valence-corrected chi connectivity index (χ0v) is 18.4. The average molecular weight is 447 g/mol. The van der Waals surface area contributed by atoms with Crippen LogP contribution in [0.25, 0.3) is 11.0 Å². The maximum atomic E-state index is 13.9. The van der Waals surface area contributed by atoms with Crippen molar-refractivity contribution in [3.63, 3.8) is 0 Å². The third-order valence-corrected chi connectivity index (χ3v) is 7.71. The number of aromatic nitrogens is 2. The van der Waals surface area contributed by atoms with Gasteiger partial charge in [-0.15, -0.1) is 0 Å². The van der Waals surface area contributed by atoms with Crippen molar-refractivity contribution in [2.75, 3.05) is 13.1 Å². The largest absolute Gasteiger partial charge is 0.336 e. The van der Waals surface area contributed by atoms with Crippen LogP contribution in [0.2, 0.25) is 0 Å². The Morgan fingerprint density at radius 3 is 2.82 bits per heavy atom. The topological polar surface area (TPSA) is 69.3 Å². The SMILES string of the molecule is O=C(c1nc2ccccc2[nH]1)N1C[C@H]2C[C@@H](C1)[C@H](Cc1cccc(F)c1)N1C(=O)CCC[C@@H]21. The highest BCUT2D eigenvalue weighted by molar-refractivity contribution is 5.94. The van der Waals surface area contributed by atoms with Crippen LogP contribution in [0, 0.1) is 17.7 Å². The number of piperidine rings is 3. The fraction of sp³-hybridized carbons (Fsp3) is 0.423. The van der Waals surface area contributed by atoms with Gasteiger partial charge in [0.2, 0.25) is 5.91 Å². The number of H-pyrrole nitrogens is 1. The van der Waals surface area contributed by atoms with E-state index in [0.717, 1.165) is 35.9 Å². The van der Waals surface area contributed by atoms with Crippen molar-refractivity contribution in [2.24, 2.45) is 11.8 Å². The molecule has 3 fully saturated rings. The van der Waals surface area contributed by atoms with E-state index >= 15 is 0 Å². The molecule has 7 heteroatoms. The van der Waals surface area contributed by atoms with E-state index in [1.165, 1.54) is 6.07 Å². The molecule has 2 bridgehead atoms. The molecule has 3 aliphatic heterocycles. The van der Waals surface area contributed by atoms with Crippen molar-refractivity contribution < 1.29 is 14.0 Å². The highest BCUT2D eigenvalue weighted by atomic mass is 19.1.